The SMILES string of the molecule is COc1ccc(Cl)cc1-c1ccc([C@@H](C)N)cc1.COc1ccc(Cl)cc1-c1ccc([C@@H](C)NS(=O)(=O)c2ccc(F)c(F)c2)cc1. The first-order valence-electron chi connectivity index (χ1n) is 14.4. The van der Waals surface area contributed by atoms with E-state index < -0.39 is 27.7 Å². The molecule has 0 aliphatic carbocycles. The predicted octanol–water partition coefficient (Wildman–Crippen LogP) is 9.37. The fraction of sp³-hybridized carbons (Fsp3) is 0.167. The maximum atomic E-state index is 13.4. The number of rotatable bonds is 9. The van der Waals surface area contributed by atoms with E-state index in [1.54, 1.807) is 51.5 Å². The molecule has 0 saturated heterocycles. The number of methoxy groups -OCH3 is 2. The summed E-state index contributed by atoms with van der Waals surface area (Å²) in [4.78, 5) is -0.344. The predicted molar refractivity (Wildman–Crippen MR) is 185 cm³/mol. The number of hydrogen-bond donors (Lipinski definition) is 2. The molecule has 246 valence electrons. The van der Waals surface area contributed by atoms with Crippen LogP contribution in [0.3, 0.4) is 0 Å². The van der Waals surface area contributed by atoms with Crippen molar-refractivity contribution in [2.75, 3.05) is 14.2 Å². The summed E-state index contributed by atoms with van der Waals surface area (Å²) in [6.07, 6.45) is 0. The molecule has 0 radical (unpaired) electrons. The molecule has 0 heterocycles. The molecule has 3 N–H and O–H groups in total. The second-order valence-corrected chi connectivity index (χ2v) is 13.2. The van der Waals surface area contributed by atoms with Gasteiger partial charge in [-0.05, 0) is 90.7 Å². The molecule has 0 aliphatic rings. The molecule has 0 aliphatic heterocycles. The first-order valence-corrected chi connectivity index (χ1v) is 16.7. The molecule has 0 unspecified atom stereocenters. The van der Waals surface area contributed by atoms with Crippen molar-refractivity contribution in [2.24, 2.45) is 5.73 Å². The van der Waals surface area contributed by atoms with Crippen LogP contribution in [0.4, 0.5) is 8.78 Å². The van der Waals surface area contributed by atoms with Crippen LogP contribution in [0.5, 0.6) is 11.5 Å². The fourth-order valence-corrected chi connectivity index (χ4v) is 6.33. The zero-order valence-electron chi connectivity index (χ0n) is 26.1. The molecule has 5 rings (SSSR count). The van der Waals surface area contributed by atoms with Gasteiger partial charge in [-0.25, -0.2) is 21.9 Å². The van der Waals surface area contributed by atoms with Crippen LogP contribution in [0.1, 0.15) is 37.1 Å². The Hall–Kier alpha value is -3.99. The quantitative estimate of drug-likeness (QED) is 0.160. The van der Waals surface area contributed by atoms with Crippen LogP contribution < -0.4 is 19.9 Å². The lowest BCUT2D eigenvalue weighted by molar-refractivity contribution is 0.416. The molecule has 0 spiro atoms. The summed E-state index contributed by atoms with van der Waals surface area (Å²) in [7, 11) is -0.798. The molecular formula is C36H34Cl2F2N2O4S. The Morgan fingerprint density at radius 1 is 0.660 bits per heavy atom. The van der Waals surface area contributed by atoms with Gasteiger partial charge in [0.2, 0.25) is 10.0 Å². The number of sulfonamides is 1. The summed E-state index contributed by atoms with van der Waals surface area (Å²) in [6, 6.07) is 28.1. The minimum absolute atomic E-state index is 0.0420. The molecule has 0 amide bonds. The van der Waals surface area contributed by atoms with E-state index in [1.807, 2.05) is 61.5 Å². The second kappa shape index (κ2) is 15.7. The Kier molecular flexibility index (Phi) is 12.0. The van der Waals surface area contributed by atoms with Gasteiger partial charge < -0.3 is 15.2 Å². The summed E-state index contributed by atoms with van der Waals surface area (Å²) in [6.45, 7) is 3.63. The van der Waals surface area contributed by atoms with Crippen LogP contribution >= 0.6 is 23.2 Å². The molecular weight excluding hydrogens is 665 g/mol. The second-order valence-electron chi connectivity index (χ2n) is 10.6. The number of ether oxygens (including phenoxy) is 2. The number of halogens is 4. The van der Waals surface area contributed by atoms with Crippen molar-refractivity contribution < 1.29 is 26.7 Å². The zero-order chi connectivity index (χ0) is 34.3. The lowest BCUT2D eigenvalue weighted by Crippen LogP contribution is -2.27. The third-order valence-electron chi connectivity index (χ3n) is 7.33. The molecule has 0 bridgehead atoms. The third-order valence-corrected chi connectivity index (χ3v) is 9.33. The lowest BCUT2D eigenvalue weighted by atomic mass is 10.0. The van der Waals surface area contributed by atoms with E-state index in [9.17, 15) is 17.2 Å². The van der Waals surface area contributed by atoms with Crippen LogP contribution in [-0.2, 0) is 10.0 Å². The molecule has 0 aromatic heterocycles. The summed E-state index contributed by atoms with van der Waals surface area (Å²) in [5.41, 5.74) is 11.4. The van der Waals surface area contributed by atoms with Gasteiger partial charge in [-0.3, -0.25) is 0 Å². The number of hydrogen-bond acceptors (Lipinski definition) is 5. The average Bonchev–Trinajstić information content (AvgIpc) is 3.06. The standard InChI is InChI=1S/C21H18ClF2NO3S.C15H16ClNO/c1-13(25-29(26,27)17-8-9-19(23)20(24)12-17)14-3-5-15(6-4-14)18-11-16(22)7-10-21(18)28-2;1-10(17)11-3-5-12(6-4-11)14-9-13(16)7-8-15(14)18-2/h3-13,25H,1-2H3;3-10H,17H2,1-2H3/t13-;10-/m11/s1. The highest BCUT2D eigenvalue weighted by Crippen LogP contribution is 2.34. The fourth-order valence-electron chi connectivity index (χ4n) is 4.74. The highest BCUT2D eigenvalue weighted by Gasteiger charge is 2.20. The number of benzene rings is 5. The molecule has 6 nitrogen and oxygen atoms in total. The van der Waals surface area contributed by atoms with Crippen LogP contribution in [0.2, 0.25) is 10.0 Å². The Bertz CT molecular complexity index is 1940. The van der Waals surface area contributed by atoms with Crippen LogP contribution in [0.15, 0.2) is 108 Å². The maximum absolute atomic E-state index is 13.4. The van der Waals surface area contributed by atoms with Crippen molar-refractivity contribution >= 4 is 33.2 Å². The van der Waals surface area contributed by atoms with E-state index >= 15 is 0 Å². The van der Waals surface area contributed by atoms with Crippen molar-refractivity contribution in [1.82, 2.24) is 4.72 Å². The topological polar surface area (TPSA) is 90.7 Å². The Balaban J connectivity index is 0.000000238. The highest BCUT2D eigenvalue weighted by atomic mass is 35.5. The van der Waals surface area contributed by atoms with Gasteiger partial charge in [0.1, 0.15) is 11.5 Å². The molecule has 5 aromatic rings. The van der Waals surface area contributed by atoms with Crippen molar-refractivity contribution in [2.45, 2.75) is 30.8 Å². The van der Waals surface area contributed by atoms with Gasteiger partial charge in [-0.1, -0.05) is 71.7 Å². The van der Waals surface area contributed by atoms with Crippen molar-refractivity contribution in [3.63, 3.8) is 0 Å². The van der Waals surface area contributed by atoms with Crippen LogP contribution in [0.25, 0.3) is 22.3 Å². The molecule has 2 atom stereocenters. The van der Waals surface area contributed by atoms with Gasteiger partial charge in [-0.15, -0.1) is 0 Å². The van der Waals surface area contributed by atoms with E-state index in [1.165, 1.54) is 0 Å². The first-order chi connectivity index (χ1) is 22.3. The minimum atomic E-state index is -4.02. The molecule has 0 saturated carbocycles. The van der Waals surface area contributed by atoms with Gasteiger partial charge in [0.25, 0.3) is 0 Å². The summed E-state index contributed by atoms with van der Waals surface area (Å²) < 4.78 is 64.5. The van der Waals surface area contributed by atoms with E-state index in [-0.39, 0.29) is 10.9 Å². The highest BCUT2D eigenvalue weighted by molar-refractivity contribution is 7.89. The molecule has 47 heavy (non-hydrogen) atoms. The largest absolute Gasteiger partial charge is 0.496 e. The number of nitrogens with one attached hydrogen (secondary N) is 1. The van der Waals surface area contributed by atoms with Gasteiger partial charge in [0.05, 0.1) is 19.1 Å². The van der Waals surface area contributed by atoms with Gasteiger partial charge in [0, 0.05) is 33.3 Å². The normalized spacial score (nSPS) is 12.4. The lowest BCUT2D eigenvalue weighted by Gasteiger charge is -2.16. The first kappa shape index (κ1) is 35.9. The van der Waals surface area contributed by atoms with Gasteiger partial charge in [-0.2, -0.15) is 0 Å². The molecule has 11 heteroatoms. The number of nitrogens with two attached hydrogens (primary N) is 1. The van der Waals surface area contributed by atoms with E-state index in [2.05, 4.69) is 4.72 Å². The summed E-state index contributed by atoms with van der Waals surface area (Å²) >= 11 is 12.1. The minimum Gasteiger partial charge on any atom is -0.496 e. The average molecular weight is 700 g/mol. The Labute approximate surface area is 284 Å². The third kappa shape index (κ3) is 9.09. The Morgan fingerprint density at radius 2 is 1.13 bits per heavy atom. The summed E-state index contributed by atoms with van der Waals surface area (Å²) in [5, 5.41) is 1.26. The molecule has 0 fully saturated rings. The smallest absolute Gasteiger partial charge is 0.241 e. The van der Waals surface area contributed by atoms with E-state index in [0.717, 1.165) is 45.7 Å². The van der Waals surface area contributed by atoms with Crippen molar-refractivity contribution in [1.29, 1.82) is 0 Å². The molecule has 5 aromatic carbocycles. The van der Waals surface area contributed by atoms with Gasteiger partial charge in [0.15, 0.2) is 11.6 Å². The van der Waals surface area contributed by atoms with Crippen molar-refractivity contribution in [3.05, 3.63) is 136 Å². The van der Waals surface area contributed by atoms with Crippen LogP contribution in [0, 0.1) is 11.6 Å². The Morgan fingerprint density at radius 3 is 1.55 bits per heavy atom. The zero-order valence-corrected chi connectivity index (χ0v) is 28.4. The van der Waals surface area contributed by atoms with Crippen molar-refractivity contribution in [3.8, 4) is 33.8 Å². The van der Waals surface area contributed by atoms with Gasteiger partial charge >= 0.3 is 0 Å². The monoisotopic (exact) mass is 698 g/mol. The van der Waals surface area contributed by atoms with E-state index in [4.69, 9.17) is 38.4 Å². The maximum Gasteiger partial charge on any atom is 0.241 e. The van der Waals surface area contributed by atoms with Crippen LogP contribution in [-0.4, -0.2) is 22.6 Å². The van der Waals surface area contributed by atoms with E-state index in [0.29, 0.717) is 27.4 Å². The summed E-state index contributed by atoms with van der Waals surface area (Å²) in [5.74, 6) is -0.855.